The van der Waals surface area contributed by atoms with E-state index in [-0.39, 0.29) is 68.0 Å². The van der Waals surface area contributed by atoms with E-state index in [0.717, 1.165) is 87.3 Å². The normalized spacial score (nSPS) is 26.2. The molecule has 1 saturated heterocycles. The second-order valence-electron chi connectivity index (χ2n) is 18.9. The first-order chi connectivity index (χ1) is 32.7. The third kappa shape index (κ3) is 11.3. The lowest BCUT2D eigenvalue weighted by molar-refractivity contribution is -0.384. The maximum Gasteiger partial charge on any atom is 0.273 e. The van der Waals surface area contributed by atoms with Gasteiger partial charge in [0.05, 0.1) is 35.8 Å². The number of amides is 1. The Balaban J connectivity index is 1.32. The smallest absolute Gasteiger partial charge is 0.273 e. The van der Waals surface area contributed by atoms with Gasteiger partial charge in [0.1, 0.15) is 29.1 Å². The molecule has 0 aromatic heterocycles. The molecule has 5 aliphatic rings. The molecule has 2 saturated carbocycles. The molecule has 2 aliphatic heterocycles. The Kier molecular flexibility index (Phi) is 16.4. The van der Waals surface area contributed by atoms with Crippen molar-refractivity contribution < 1.29 is 48.1 Å². The SMILES string of the molecule is C=CCO[C@@]12Oc3ccc(Oc4cccc([N+](=O)[O-])c4)cc3[C@H]3[C@H](CCCCO)[C@@H](CCCCO)C=C(C(=NOC4CCCCO4)C[C@@H]1N(Cc1ccc(F)cc1)C(=O)CCC1CCCC1)[C@H]32. The highest BCUT2D eigenvalue weighted by Gasteiger charge is 2.65. The number of benzene rings is 3. The van der Waals surface area contributed by atoms with E-state index in [4.69, 9.17) is 28.9 Å². The number of fused-ring (bicyclic) bond motifs is 2. The zero-order valence-corrected chi connectivity index (χ0v) is 38.5. The van der Waals surface area contributed by atoms with Gasteiger partial charge in [-0.25, -0.2) is 4.39 Å². The fourth-order valence-electron chi connectivity index (χ4n) is 11.4. The van der Waals surface area contributed by atoms with Gasteiger partial charge in [0.15, 0.2) is 0 Å². The number of carbonyl (C=O) groups excluding carboxylic acids is 1. The fraction of sp³-hybridized carbons (Fsp3) is 0.547. The van der Waals surface area contributed by atoms with Crippen molar-refractivity contribution >= 4 is 17.3 Å². The molecule has 14 heteroatoms. The maximum absolute atomic E-state index is 15.2. The Labute approximate surface area is 393 Å². The van der Waals surface area contributed by atoms with Gasteiger partial charge in [-0.3, -0.25) is 14.9 Å². The number of non-ortho nitro benzene ring substituents is 1. The first-order valence-electron chi connectivity index (χ1n) is 24.5. The minimum Gasteiger partial charge on any atom is -0.459 e. The summed E-state index contributed by atoms with van der Waals surface area (Å²) in [6, 6.07) is 17.2. The zero-order valence-electron chi connectivity index (χ0n) is 38.5. The number of nitrogens with zero attached hydrogens (tertiary/aromatic N) is 3. The van der Waals surface area contributed by atoms with E-state index in [1.165, 1.54) is 24.3 Å². The van der Waals surface area contributed by atoms with Crippen LogP contribution in [0, 0.1) is 39.6 Å². The summed E-state index contributed by atoms with van der Waals surface area (Å²) in [7, 11) is 0. The summed E-state index contributed by atoms with van der Waals surface area (Å²) in [5.41, 5.74) is 3.07. The van der Waals surface area contributed by atoms with Crippen molar-refractivity contribution in [2.45, 2.75) is 133 Å². The van der Waals surface area contributed by atoms with Gasteiger partial charge in [-0.2, -0.15) is 0 Å². The number of hydrogen-bond donors (Lipinski definition) is 2. The Bertz CT molecular complexity index is 2220. The molecule has 2 heterocycles. The molecule has 0 radical (unpaired) electrons. The largest absolute Gasteiger partial charge is 0.459 e. The van der Waals surface area contributed by atoms with Crippen molar-refractivity contribution in [2.75, 3.05) is 26.4 Å². The van der Waals surface area contributed by atoms with Gasteiger partial charge < -0.3 is 38.9 Å². The van der Waals surface area contributed by atoms with Gasteiger partial charge in [0.25, 0.3) is 5.69 Å². The number of nitro groups is 1. The number of nitro benzene ring substituents is 1. The number of allylic oxidation sites excluding steroid dienone is 1. The number of aliphatic hydroxyl groups excluding tert-OH is 2. The topological polar surface area (TPSA) is 162 Å². The lowest BCUT2D eigenvalue weighted by Crippen LogP contribution is -2.70. The van der Waals surface area contributed by atoms with Crippen LogP contribution < -0.4 is 9.47 Å². The number of oxime groups is 1. The molecule has 360 valence electrons. The van der Waals surface area contributed by atoms with Crippen LogP contribution in [0.1, 0.15) is 120 Å². The summed E-state index contributed by atoms with van der Waals surface area (Å²) in [5.74, 6) is -1.05. The second kappa shape index (κ2) is 22.8. The average Bonchev–Trinajstić information content (AvgIpc) is 3.87. The summed E-state index contributed by atoms with van der Waals surface area (Å²) in [6.45, 7) is 5.02. The van der Waals surface area contributed by atoms with Crippen LogP contribution in [0.15, 0.2) is 96.2 Å². The average molecular weight is 924 g/mol. The van der Waals surface area contributed by atoms with E-state index >= 15 is 4.79 Å². The summed E-state index contributed by atoms with van der Waals surface area (Å²) in [5, 5.41) is 36.8. The highest BCUT2D eigenvalue weighted by Crippen LogP contribution is 2.62. The number of hydrogen-bond acceptors (Lipinski definition) is 11. The van der Waals surface area contributed by atoms with Crippen LogP contribution in [0.25, 0.3) is 0 Å². The quantitative estimate of drug-likeness (QED) is 0.0429. The van der Waals surface area contributed by atoms with Crippen molar-refractivity contribution in [3.8, 4) is 17.2 Å². The molecule has 0 bridgehead atoms. The lowest BCUT2D eigenvalue weighted by atomic mass is 9.55. The standard InChI is InChI=1S/C53H66FN3O10/c1-2-29-64-53-48(56(35-37-19-22-39(54)23-20-37)49(60)26-21-36-12-3-4-13-36)34-46(55-67-50-18-7-10-30-63-50)44-31-38(14-5-8-27-58)43(17-6-9-28-59)51(52(44)53)45-33-42(24-25-47(45)66-53)65-41-16-11-15-40(32-41)57(61)62/h2,11,15-16,19-20,22-25,31-33,36,38,43,48,50-52,58-59H,1,3-10,12-14,17-18,21,26-30,34-35H2/t38-,43+,48-,50?,51+,52+,53+/m0/s1. The molecule has 67 heavy (non-hydrogen) atoms. The highest BCUT2D eigenvalue weighted by molar-refractivity contribution is 6.03. The van der Waals surface area contributed by atoms with Crippen LogP contribution in [0.5, 0.6) is 17.2 Å². The van der Waals surface area contributed by atoms with E-state index in [1.54, 1.807) is 36.4 Å². The Morgan fingerprint density at radius 3 is 2.45 bits per heavy atom. The number of aliphatic hydroxyl groups is 2. The van der Waals surface area contributed by atoms with Crippen LogP contribution in [-0.2, 0) is 25.7 Å². The predicted octanol–water partition coefficient (Wildman–Crippen LogP) is 10.7. The minimum atomic E-state index is -1.49. The molecular formula is C53H66FN3O10. The van der Waals surface area contributed by atoms with E-state index in [0.29, 0.717) is 61.2 Å². The van der Waals surface area contributed by atoms with Gasteiger partial charge in [-0.05, 0) is 110 Å². The fourth-order valence-corrected chi connectivity index (χ4v) is 11.4. The lowest BCUT2D eigenvalue weighted by Gasteiger charge is -2.60. The number of halogens is 1. The van der Waals surface area contributed by atoms with E-state index < -0.39 is 29.0 Å². The van der Waals surface area contributed by atoms with Crippen LogP contribution in [0.3, 0.4) is 0 Å². The summed E-state index contributed by atoms with van der Waals surface area (Å²) in [6.07, 6.45) is 16.1. The molecule has 1 amide bonds. The molecule has 3 aromatic carbocycles. The van der Waals surface area contributed by atoms with E-state index in [9.17, 15) is 24.7 Å². The van der Waals surface area contributed by atoms with Crippen LogP contribution in [0.2, 0.25) is 0 Å². The third-order valence-electron chi connectivity index (χ3n) is 14.5. The van der Waals surface area contributed by atoms with E-state index in [1.807, 2.05) is 17.0 Å². The molecule has 3 aliphatic carbocycles. The summed E-state index contributed by atoms with van der Waals surface area (Å²) >= 11 is 0. The maximum atomic E-state index is 15.2. The first-order valence-corrected chi connectivity index (χ1v) is 24.5. The Hall–Kier alpha value is -5.15. The van der Waals surface area contributed by atoms with Gasteiger partial charge >= 0.3 is 0 Å². The van der Waals surface area contributed by atoms with Crippen molar-refractivity contribution in [1.82, 2.24) is 4.90 Å². The second-order valence-corrected chi connectivity index (χ2v) is 18.9. The number of unbranched alkanes of at least 4 members (excludes halogenated alkanes) is 2. The van der Waals surface area contributed by atoms with E-state index in [2.05, 4.69) is 12.7 Å². The van der Waals surface area contributed by atoms with Crippen molar-refractivity contribution in [2.24, 2.45) is 28.8 Å². The predicted molar refractivity (Wildman–Crippen MR) is 251 cm³/mol. The molecule has 1 unspecified atom stereocenters. The van der Waals surface area contributed by atoms with Crippen LogP contribution in [0.4, 0.5) is 10.1 Å². The molecule has 8 rings (SSSR count). The first kappa shape index (κ1) is 48.3. The number of carbonyl (C=O) groups is 1. The van der Waals surface area contributed by atoms with Crippen LogP contribution in [-0.4, -0.2) is 76.2 Å². The third-order valence-corrected chi connectivity index (χ3v) is 14.5. The van der Waals surface area contributed by atoms with Crippen molar-refractivity contribution in [1.29, 1.82) is 0 Å². The molecule has 3 aromatic rings. The molecular weight excluding hydrogens is 858 g/mol. The number of ether oxygens (including phenoxy) is 4. The summed E-state index contributed by atoms with van der Waals surface area (Å²) in [4.78, 5) is 34.7. The molecule has 2 N–H and O–H groups in total. The molecule has 3 fully saturated rings. The zero-order chi connectivity index (χ0) is 46.8. The van der Waals surface area contributed by atoms with Crippen molar-refractivity contribution in [3.63, 3.8) is 0 Å². The monoisotopic (exact) mass is 923 g/mol. The Morgan fingerprint density at radius 2 is 1.72 bits per heavy atom. The van der Waals surface area contributed by atoms with Gasteiger partial charge in [-0.15, -0.1) is 6.58 Å². The van der Waals surface area contributed by atoms with Gasteiger partial charge in [0.2, 0.25) is 18.0 Å². The van der Waals surface area contributed by atoms with Crippen LogP contribution >= 0.6 is 0 Å². The van der Waals surface area contributed by atoms with Crippen molar-refractivity contribution in [3.05, 3.63) is 118 Å². The van der Waals surface area contributed by atoms with Gasteiger partial charge in [-0.1, -0.05) is 74.0 Å². The van der Waals surface area contributed by atoms with Gasteiger partial charge in [0, 0.05) is 56.6 Å². The molecule has 7 atom stereocenters. The summed E-state index contributed by atoms with van der Waals surface area (Å²) < 4.78 is 41.5. The highest BCUT2D eigenvalue weighted by atomic mass is 19.1. The molecule has 0 spiro atoms. The number of rotatable bonds is 22. The Morgan fingerprint density at radius 1 is 0.955 bits per heavy atom. The minimum absolute atomic E-state index is 0.00179. The molecule has 13 nitrogen and oxygen atoms in total.